The summed E-state index contributed by atoms with van der Waals surface area (Å²) in [4.78, 5) is 13.2. The summed E-state index contributed by atoms with van der Waals surface area (Å²) in [6, 6.07) is 0.195. The van der Waals surface area contributed by atoms with Gasteiger partial charge in [0.1, 0.15) is 0 Å². The molecule has 2 nitrogen and oxygen atoms in total. The zero-order valence-corrected chi connectivity index (χ0v) is 16.2. The first-order valence-electron chi connectivity index (χ1n) is 8.84. The number of rotatable bonds is 5. The largest absolute Gasteiger partial charge is 0.309 e. The fourth-order valence-corrected chi connectivity index (χ4v) is 3.66. The number of pyridine rings is 1. The SMILES string of the molecule is CC(C)c1c(C(C)C)c(C(C)C)n(C(C)C)c(=O)c1C(C)C. The number of hydrogen-bond acceptors (Lipinski definition) is 1. The van der Waals surface area contributed by atoms with E-state index in [1.807, 2.05) is 0 Å². The Labute approximate surface area is 136 Å². The Kier molecular flexibility index (Phi) is 6.06. The second-order valence-corrected chi connectivity index (χ2v) is 8.01. The van der Waals surface area contributed by atoms with Gasteiger partial charge in [0.2, 0.25) is 0 Å². The summed E-state index contributed by atoms with van der Waals surface area (Å²) in [5.74, 6) is 1.42. The minimum absolute atomic E-state index is 0.195. The molecular weight excluding hydrogens is 270 g/mol. The quantitative estimate of drug-likeness (QED) is 0.661. The molecule has 0 spiro atoms. The highest BCUT2D eigenvalue weighted by Gasteiger charge is 2.28. The molecule has 2 heteroatoms. The number of hydrogen-bond donors (Lipinski definition) is 0. The van der Waals surface area contributed by atoms with Gasteiger partial charge in [-0.25, -0.2) is 0 Å². The van der Waals surface area contributed by atoms with Gasteiger partial charge < -0.3 is 4.57 Å². The summed E-state index contributed by atoms with van der Waals surface area (Å²) < 4.78 is 2.06. The van der Waals surface area contributed by atoms with E-state index in [0.717, 1.165) is 5.56 Å². The summed E-state index contributed by atoms with van der Waals surface area (Å²) in [5.41, 5.74) is 5.19. The first-order chi connectivity index (χ1) is 10.0. The van der Waals surface area contributed by atoms with Gasteiger partial charge in [0, 0.05) is 17.3 Å². The topological polar surface area (TPSA) is 22.0 Å². The van der Waals surface area contributed by atoms with Crippen LogP contribution in [0.15, 0.2) is 4.79 Å². The van der Waals surface area contributed by atoms with E-state index in [1.54, 1.807) is 0 Å². The van der Waals surface area contributed by atoms with E-state index in [1.165, 1.54) is 16.8 Å². The predicted molar refractivity (Wildman–Crippen MR) is 97.4 cm³/mol. The lowest BCUT2D eigenvalue weighted by Crippen LogP contribution is -2.33. The monoisotopic (exact) mass is 305 g/mol. The zero-order valence-electron chi connectivity index (χ0n) is 16.2. The van der Waals surface area contributed by atoms with E-state index < -0.39 is 0 Å². The van der Waals surface area contributed by atoms with Crippen LogP contribution < -0.4 is 5.56 Å². The summed E-state index contributed by atoms with van der Waals surface area (Å²) in [6.07, 6.45) is 0. The molecule has 0 fully saturated rings. The molecule has 0 atom stereocenters. The van der Waals surface area contributed by atoms with Gasteiger partial charge in [-0.05, 0) is 48.6 Å². The molecule has 22 heavy (non-hydrogen) atoms. The van der Waals surface area contributed by atoms with Crippen LogP contribution in [0.25, 0.3) is 0 Å². The van der Waals surface area contributed by atoms with Crippen molar-refractivity contribution in [3.8, 4) is 0 Å². The van der Waals surface area contributed by atoms with Gasteiger partial charge >= 0.3 is 0 Å². The van der Waals surface area contributed by atoms with Crippen LogP contribution in [0.2, 0.25) is 0 Å². The third kappa shape index (κ3) is 3.31. The Morgan fingerprint density at radius 2 is 1.00 bits per heavy atom. The summed E-state index contributed by atoms with van der Waals surface area (Å²) in [5, 5.41) is 0. The highest BCUT2D eigenvalue weighted by atomic mass is 16.1. The fourth-order valence-electron chi connectivity index (χ4n) is 3.66. The predicted octanol–water partition coefficient (Wildman–Crippen LogP) is 5.92. The number of aromatic nitrogens is 1. The molecule has 1 aromatic heterocycles. The molecule has 1 rings (SSSR count). The Bertz CT molecular complexity index is 530. The van der Waals surface area contributed by atoms with Crippen molar-refractivity contribution in [2.24, 2.45) is 0 Å². The van der Waals surface area contributed by atoms with Crippen LogP contribution >= 0.6 is 0 Å². The van der Waals surface area contributed by atoms with Gasteiger partial charge in [-0.15, -0.1) is 0 Å². The molecule has 126 valence electrons. The molecule has 0 saturated heterocycles. The van der Waals surface area contributed by atoms with Gasteiger partial charge in [0.05, 0.1) is 0 Å². The number of nitrogens with zero attached hydrogens (tertiary/aromatic N) is 1. The third-order valence-corrected chi connectivity index (χ3v) is 4.36. The first-order valence-corrected chi connectivity index (χ1v) is 8.84. The van der Waals surface area contributed by atoms with E-state index >= 15 is 0 Å². The average Bonchev–Trinajstić information content (AvgIpc) is 2.34. The molecule has 0 radical (unpaired) electrons. The lowest BCUT2D eigenvalue weighted by atomic mass is 9.81. The normalized spacial score (nSPS) is 12.5. The molecule has 0 N–H and O–H groups in total. The smallest absolute Gasteiger partial charge is 0.254 e. The molecule has 0 aromatic carbocycles. The molecule has 0 unspecified atom stereocenters. The van der Waals surface area contributed by atoms with Gasteiger partial charge in [-0.1, -0.05) is 55.4 Å². The minimum Gasteiger partial charge on any atom is -0.309 e. The maximum absolute atomic E-state index is 13.2. The van der Waals surface area contributed by atoms with E-state index in [2.05, 4.69) is 73.8 Å². The van der Waals surface area contributed by atoms with Crippen LogP contribution in [0.5, 0.6) is 0 Å². The molecular formula is C20H35NO. The van der Waals surface area contributed by atoms with Gasteiger partial charge in [-0.2, -0.15) is 0 Å². The van der Waals surface area contributed by atoms with Crippen molar-refractivity contribution in [2.75, 3.05) is 0 Å². The zero-order chi connectivity index (χ0) is 17.4. The molecule has 0 bridgehead atoms. The van der Waals surface area contributed by atoms with Crippen molar-refractivity contribution in [1.29, 1.82) is 0 Å². The molecule has 1 aromatic rings. The summed E-state index contributed by atoms with van der Waals surface area (Å²) in [7, 11) is 0. The standard InChI is InChI=1S/C20H35NO/c1-11(2)16-17(12(3)4)19(14(7)8)21(15(9)10)20(22)18(16)13(5)6/h11-15H,1-10H3. The highest BCUT2D eigenvalue weighted by molar-refractivity contribution is 5.44. The van der Waals surface area contributed by atoms with Crippen LogP contribution in [0, 0.1) is 0 Å². The lowest BCUT2D eigenvalue weighted by Gasteiger charge is -2.31. The van der Waals surface area contributed by atoms with Gasteiger partial charge in [0.15, 0.2) is 0 Å². The van der Waals surface area contributed by atoms with E-state index in [-0.39, 0.29) is 17.5 Å². The van der Waals surface area contributed by atoms with Gasteiger partial charge in [0.25, 0.3) is 5.56 Å². The van der Waals surface area contributed by atoms with Crippen molar-refractivity contribution in [2.45, 2.75) is 99.0 Å². The third-order valence-electron chi connectivity index (χ3n) is 4.36. The van der Waals surface area contributed by atoms with Crippen molar-refractivity contribution in [1.82, 2.24) is 4.57 Å². The second-order valence-electron chi connectivity index (χ2n) is 8.01. The molecule has 0 aliphatic heterocycles. The Morgan fingerprint density at radius 1 is 0.591 bits per heavy atom. The highest BCUT2D eigenvalue weighted by Crippen LogP contribution is 2.37. The van der Waals surface area contributed by atoms with Crippen LogP contribution in [0.3, 0.4) is 0 Å². The maximum atomic E-state index is 13.2. The Hall–Kier alpha value is -1.05. The molecule has 1 heterocycles. The van der Waals surface area contributed by atoms with Crippen LogP contribution in [0.4, 0.5) is 0 Å². The van der Waals surface area contributed by atoms with Crippen molar-refractivity contribution in [3.63, 3.8) is 0 Å². The molecule has 0 aliphatic carbocycles. The summed E-state index contributed by atoms with van der Waals surface area (Å²) >= 11 is 0. The summed E-state index contributed by atoms with van der Waals surface area (Å²) in [6.45, 7) is 21.9. The lowest BCUT2D eigenvalue weighted by molar-refractivity contribution is 0.511. The van der Waals surface area contributed by atoms with E-state index in [0.29, 0.717) is 17.8 Å². The molecule has 0 saturated carbocycles. The maximum Gasteiger partial charge on any atom is 0.254 e. The van der Waals surface area contributed by atoms with Crippen LogP contribution in [-0.4, -0.2) is 4.57 Å². The van der Waals surface area contributed by atoms with E-state index in [9.17, 15) is 4.79 Å². The van der Waals surface area contributed by atoms with Gasteiger partial charge in [-0.3, -0.25) is 4.79 Å². The molecule has 0 amide bonds. The van der Waals surface area contributed by atoms with Crippen LogP contribution in [-0.2, 0) is 0 Å². The van der Waals surface area contributed by atoms with Crippen molar-refractivity contribution >= 4 is 0 Å². The van der Waals surface area contributed by atoms with Crippen molar-refractivity contribution in [3.05, 3.63) is 32.7 Å². The van der Waals surface area contributed by atoms with Crippen molar-refractivity contribution < 1.29 is 0 Å². The fraction of sp³-hybridized carbons (Fsp3) is 0.750. The second kappa shape index (κ2) is 7.02. The Balaban J connectivity index is 4.12. The first kappa shape index (κ1) is 19.0. The molecule has 0 aliphatic rings. The Morgan fingerprint density at radius 3 is 1.27 bits per heavy atom. The average molecular weight is 306 g/mol. The van der Waals surface area contributed by atoms with Crippen LogP contribution in [0.1, 0.15) is 121 Å². The van der Waals surface area contributed by atoms with E-state index in [4.69, 9.17) is 0 Å². The minimum atomic E-state index is 0.195.